The van der Waals surface area contributed by atoms with E-state index in [1.54, 1.807) is 19.1 Å². The average Bonchev–Trinajstić information content (AvgIpc) is 3.20. The summed E-state index contributed by atoms with van der Waals surface area (Å²) in [6.45, 7) is 1.55. The van der Waals surface area contributed by atoms with E-state index >= 15 is 0 Å². The van der Waals surface area contributed by atoms with Crippen molar-refractivity contribution in [2.45, 2.75) is 25.7 Å². The predicted molar refractivity (Wildman–Crippen MR) is 144 cm³/mol. The van der Waals surface area contributed by atoms with Gasteiger partial charge in [0.1, 0.15) is 22.8 Å². The summed E-state index contributed by atoms with van der Waals surface area (Å²) in [5.74, 6) is -6.43. The van der Waals surface area contributed by atoms with E-state index in [1.165, 1.54) is 25.3 Å². The third-order valence-electron chi connectivity index (χ3n) is 8.58. The molecule has 208 valence electrons. The molecule has 4 aliphatic rings. The molecular weight excluding hydrogens is 530 g/mol. The molecule has 0 saturated carbocycles. The molecule has 2 aromatic carbocycles. The van der Waals surface area contributed by atoms with Gasteiger partial charge in [0, 0.05) is 34.3 Å². The topological polar surface area (TPSA) is 159 Å². The lowest BCUT2D eigenvalue weighted by Crippen LogP contribution is -2.39. The molecule has 6 rings (SSSR count). The molecule has 10 heteroatoms. The molecule has 0 spiro atoms. The third-order valence-corrected chi connectivity index (χ3v) is 8.58. The van der Waals surface area contributed by atoms with Crippen LogP contribution in [0.2, 0.25) is 0 Å². The first-order chi connectivity index (χ1) is 19.5. The molecule has 0 radical (unpaired) electrons. The van der Waals surface area contributed by atoms with Crippen molar-refractivity contribution < 1.29 is 44.0 Å². The smallest absolute Gasteiger partial charge is 0.339 e. The molecule has 1 fully saturated rings. The Kier molecular flexibility index (Phi) is 5.95. The van der Waals surface area contributed by atoms with Crippen molar-refractivity contribution in [1.29, 1.82) is 0 Å². The van der Waals surface area contributed by atoms with E-state index < -0.39 is 47.2 Å². The number of nitrogens with zero attached hydrogens (tertiary/aromatic N) is 1. The third kappa shape index (κ3) is 3.81. The van der Waals surface area contributed by atoms with Crippen LogP contribution < -0.4 is 9.64 Å². The normalized spacial score (nSPS) is 25.4. The molecule has 1 heterocycles. The molecule has 0 aromatic heterocycles. The number of benzene rings is 2. The second-order valence-corrected chi connectivity index (χ2v) is 10.7. The number of rotatable bonds is 4. The second kappa shape index (κ2) is 9.29. The summed E-state index contributed by atoms with van der Waals surface area (Å²) in [6, 6.07) is 8.10. The van der Waals surface area contributed by atoms with E-state index in [-0.39, 0.29) is 58.1 Å². The number of hydrogen-bond acceptors (Lipinski definition) is 8. The first-order valence-electron chi connectivity index (χ1n) is 13.0. The van der Waals surface area contributed by atoms with E-state index in [0.717, 1.165) is 17.0 Å². The van der Waals surface area contributed by atoms with Gasteiger partial charge in [0.2, 0.25) is 11.8 Å². The Morgan fingerprint density at radius 2 is 1.73 bits per heavy atom. The molecular formula is C31H25NO9. The van der Waals surface area contributed by atoms with Gasteiger partial charge in [-0.1, -0.05) is 11.6 Å². The summed E-state index contributed by atoms with van der Waals surface area (Å²) in [4.78, 5) is 66.6. The van der Waals surface area contributed by atoms with Crippen molar-refractivity contribution in [3.63, 3.8) is 0 Å². The van der Waals surface area contributed by atoms with Gasteiger partial charge in [0.05, 0.1) is 24.6 Å². The fourth-order valence-electron chi connectivity index (χ4n) is 6.72. The molecule has 2 amide bonds. The molecule has 3 aliphatic carbocycles. The summed E-state index contributed by atoms with van der Waals surface area (Å²) in [7, 11) is 1.47. The number of allylic oxidation sites excluding steroid dienone is 6. The van der Waals surface area contributed by atoms with E-state index in [4.69, 9.17) is 4.74 Å². The maximum atomic E-state index is 13.9. The Balaban J connectivity index is 1.48. The predicted octanol–water partition coefficient (Wildman–Crippen LogP) is 3.44. The number of Topliss-reactive ketones (excluding diaryl/α,β-unsaturated/α-hetero) is 1. The average molecular weight is 556 g/mol. The summed E-state index contributed by atoms with van der Waals surface area (Å²) >= 11 is 0. The SMILES string of the molecule is COc1ccc(O)c([C@H]2C3=CC[C@@H]4C(=O)N(c5ccc(C(=O)O)c(O)c5)C(=O)[C@@H]4[C@@H]3CC3=C2C(=O)C=C(C)C3=O)c1. The minimum absolute atomic E-state index is 0.0406. The Hall–Kier alpha value is -4.99. The van der Waals surface area contributed by atoms with Crippen LogP contribution in [0.15, 0.2) is 70.8 Å². The zero-order chi connectivity index (χ0) is 29.3. The van der Waals surface area contributed by atoms with Crippen molar-refractivity contribution in [3.8, 4) is 17.2 Å². The molecule has 0 unspecified atom stereocenters. The maximum absolute atomic E-state index is 13.9. The van der Waals surface area contributed by atoms with Gasteiger partial charge in [0.25, 0.3) is 0 Å². The van der Waals surface area contributed by atoms with Crippen molar-refractivity contribution in [2.75, 3.05) is 12.0 Å². The standard InChI is InChI=1S/C31H25NO9/c1-13-9-24(35)27-21(28(13)36)12-19-16(25(27)20-11-15(41-2)4-8-22(20)33)6-7-18-26(19)30(38)32(29(18)37)14-3-5-17(31(39)40)23(34)10-14/h3-6,8-11,18-19,25-26,33-34H,7,12H2,1-2H3,(H,39,40)/t18-,19+,25+,26-/m0/s1. The Bertz CT molecular complexity index is 1690. The van der Waals surface area contributed by atoms with Crippen LogP contribution in [0.5, 0.6) is 17.2 Å². The van der Waals surface area contributed by atoms with Crippen molar-refractivity contribution in [1.82, 2.24) is 0 Å². The number of methoxy groups -OCH3 is 1. The minimum Gasteiger partial charge on any atom is -0.508 e. The quantitative estimate of drug-likeness (QED) is 0.292. The van der Waals surface area contributed by atoms with Gasteiger partial charge >= 0.3 is 5.97 Å². The van der Waals surface area contributed by atoms with Gasteiger partial charge in [-0.05, 0) is 62.1 Å². The number of imide groups is 1. The number of ether oxygens (including phenoxy) is 1. The minimum atomic E-state index is -1.36. The number of carboxylic acid groups (broad SMARTS) is 1. The van der Waals surface area contributed by atoms with E-state index in [0.29, 0.717) is 16.9 Å². The zero-order valence-corrected chi connectivity index (χ0v) is 22.1. The first-order valence-corrected chi connectivity index (χ1v) is 13.0. The molecule has 3 N–H and O–H groups in total. The van der Waals surface area contributed by atoms with Crippen LogP contribution in [0.4, 0.5) is 5.69 Å². The van der Waals surface area contributed by atoms with Crippen molar-refractivity contribution in [2.24, 2.45) is 17.8 Å². The number of aromatic hydroxyl groups is 2. The molecule has 41 heavy (non-hydrogen) atoms. The summed E-state index contributed by atoms with van der Waals surface area (Å²) < 4.78 is 5.36. The number of carbonyl (C=O) groups excluding carboxylic acids is 4. The number of carboxylic acids is 1. The van der Waals surface area contributed by atoms with Crippen LogP contribution in [0.25, 0.3) is 0 Å². The molecule has 1 saturated heterocycles. The maximum Gasteiger partial charge on any atom is 0.339 e. The first kappa shape index (κ1) is 26.2. The lowest BCUT2D eigenvalue weighted by atomic mass is 9.59. The number of ketones is 2. The molecule has 1 aliphatic heterocycles. The largest absolute Gasteiger partial charge is 0.508 e. The molecule has 0 bridgehead atoms. The highest BCUT2D eigenvalue weighted by molar-refractivity contribution is 6.25. The highest BCUT2D eigenvalue weighted by Crippen LogP contribution is 2.56. The Morgan fingerprint density at radius 3 is 2.41 bits per heavy atom. The van der Waals surface area contributed by atoms with Crippen LogP contribution in [-0.4, -0.2) is 51.8 Å². The summed E-state index contributed by atoms with van der Waals surface area (Å²) in [6.07, 6.45) is 3.35. The zero-order valence-electron chi connectivity index (χ0n) is 22.1. The summed E-state index contributed by atoms with van der Waals surface area (Å²) in [5.41, 5.74) is 1.45. The lowest BCUT2D eigenvalue weighted by Gasteiger charge is -2.42. The number of amides is 2. The molecule has 2 aromatic rings. The second-order valence-electron chi connectivity index (χ2n) is 10.7. The van der Waals surface area contributed by atoms with Crippen LogP contribution in [0.1, 0.15) is 41.6 Å². The van der Waals surface area contributed by atoms with Crippen LogP contribution in [0, 0.1) is 17.8 Å². The van der Waals surface area contributed by atoms with Crippen LogP contribution in [0.3, 0.4) is 0 Å². The fourth-order valence-corrected chi connectivity index (χ4v) is 6.72. The number of anilines is 1. The monoisotopic (exact) mass is 555 g/mol. The van der Waals surface area contributed by atoms with Crippen molar-refractivity contribution in [3.05, 3.63) is 82.0 Å². The lowest BCUT2D eigenvalue weighted by molar-refractivity contribution is -0.123. The number of carbonyl (C=O) groups is 5. The van der Waals surface area contributed by atoms with Gasteiger partial charge in [-0.3, -0.25) is 19.2 Å². The van der Waals surface area contributed by atoms with Gasteiger partial charge in [-0.15, -0.1) is 0 Å². The van der Waals surface area contributed by atoms with Gasteiger partial charge in [-0.25, -0.2) is 9.69 Å². The van der Waals surface area contributed by atoms with Crippen LogP contribution >= 0.6 is 0 Å². The van der Waals surface area contributed by atoms with E-state index in [2.05, 4.69) is 0 Å². The van der Waals surface area contributed by atoms with Crippen LogP contribution in [-0.2, 0) is 19.2 Å². The number of hydrogen-bond donors (Lipinski definition) is 3. The van der Waals surface area contributed by atoms with Gasteiger partial charge < -0.3 is 20.1 Å². The van der Waals surface area contributed by atoms with Crippen molar-refractivity contribution >= 4 is 35.0 Å². The molecule has 10 nitrogen and oxygen atoms in total. The molecule has 4 atom stereocenters. The highest BCUT2D eigenvalue weighted by atomic mass is 16.5. The number of phenols is 2. The Labute approximate surface area is 233 Å². The highest BCUT2D eigenvalue weighted by Gasteiger charge is 2.57. The summed E-state index contributed by atoms with van der Waals surface area (Å²) in [5, 5.41) is 30.4. The van der Waals surface area contributed by atoms with E-state index in [1.807, 2.05) is 6.08 Å². The Morgan fingerprint density at radius 1 is 0.976 bits per heavy atom. The number of aromatic carboxylic acids is 1. The fraction of sp³-hybridized carbons (Fsp3) is 0.258. The number of phenolic OH excluding ortho intramolecular Hbond substituents is 1. The number of fused-ring (bicyclic) bond motifs is 3. The van der Waals surface area contributed by atoms with Gasteiger partial charge in [0.15, 0.2) is 11.6 Å². The van der Waals surface area contributed by atoms with E-state index in [9.17, 15) is 39.3 Å². The van der Waals surface area contributed by atoms with Gasteiger partial charge in [-0.2, -0.15) is 0 Å².